The van der Waals surface area contributed by atoms with Crippen LogP contribution in [0.2, 0.25) is 0 Å². The summed E-state index contributed by atoms with van der Waals surface area (Å²) >= 11 is 3.24. The summed E-state index contributed by atoms with van der Waals surface area (Å²) in [6, 6.07) is 18.9. The Morgan fingerprint density at radius 3 is 1.63 bits per heavy atom. The molecule has 0 aromatic heterocycles. The molecule has 3 aromatic rings. The summed E-state index contributed by atoms with van der Waals surface area (Å²) in [5.74, 6) is 14.0. The predicted molar refractivity (Wildman–Crippen MR) is 173 cm³/mol. The Morgan fingerprint density at radius 1 is 0.732 bits per heavy atom. The third kappa shape index (κ3) is 11.1. The number of aromatic hydroxyl groups is 1. The highest BCUT2D eigenvalue weighted by atomic mass is 79.9. The number of rotatable bonds is 12. The molecule has 0 fully saturated rings. The number of aryl methyl sites for hydroxylation is 2. The number of phenolic OH excluding ortho intramolecular Hbond substituents is 1. The molecule has 0 saturated carbocycles. The number of benzene rings is 3. The molecule has 214 valence electrons. The van der Waals surface area contributed by atoms with E-state index in [0.717, 1.165) is 47.9 Å². The molecular formula is C37H41BrO3. The Labute approximate surface area is 254 Å². The van der Waals surface area contributed by atoms with E-state index >= 15 is 0 Å². The lowest BCUT2D eigenvalue weighted by molar-refractivity contribution is -0.133. The number of hydrogen-bond acceptors (Lipinski definition) is 3. The van der Waals surface area contributed by atoms with Gasteiger partial charge in [0.05, 0.1) is 0 Å². The smallest absolute Gasteiger partial charge is 0.324 e. The van der Waals surface area contributed by atoms with Gasteiger partial charge in [0.2, 0.25) is 0 Å². The SMILES string of the molecule is CCCCCCc1cc(C#Cc2ccc(OC(=O)C(C)Br)cc2)c(CCCCCC)cc1C#Cc1ccc(O)cc1. The van der Waals surface area contributed by atoms with Crippen molar-refractivity contribution in [2.75, 3.05) is 0 Å². The first-order valence-electron chi connectivity index (χ1n) is 14.8. The summed E-state index contributed by atoms with van der Waals surface area (Å²) in [5.41, 5.74) is 6.35. The molecule has 0 aliphatic heterocycles. The molecule has 0 amide bonds. The van der Waals surface area contributed by atoms with Crippen LogP contribution in [0.15, 0.2) is 60.7 Å². The molecule has 0 heterocycles. The highest BCUT2D eigenvalue weighted by Gasteiger charge is 2.11. The van der Waals surface area contributed by atoms with Gasteiger partial charge in [-0.2, -0.15) is 0 Å². The largest absolute Gasteiger partial charge is 0.508 e. The quantitative estimate of drug-likeness (QED) is 0.0729. The van der Waals surface area contributed by atoms with Crippen molar-refractivity contribution in [3.05, 3.63) is 94.0 Å². The number of alkyl halides is 1. The van der Waals surface area contributed by atoms with Gasteiger partial charge >= 0.3 is 5.97 Å². The van der Waals surface area contributed by atoms with Gasteiger partial charge in [-0.25, -0.2) is 0 Å². The minimum atomic E-state index is -0.359. The van der Waals surface area contributed by atoms with Gasteiger partial charge in [-0.1, -0.05) is 92.0 Å². The Morgan fingerprint density at radius 2 is 1.20 bits per heavy atom. The standard InChI is InChI=1S/C37H41BrO3/c1-4-6-8-10-12-31-27-34(21-15-30-18-24-36(25-19-30)41-37(40)28(3)38)32(13-11-9-7-5-2)26-33(31)20-14-29-16-22-35(39)23-17-29/h16-19,22-28,39H,4-13H2,1-3H3. The monoisotopic (exact) mass is 612 g/mol. The Kier molecular flexibility index (Phi) is 13.6. The van der Waals surface area contributed by atoms with Gasteiger partial charge in [-0.05, 0) is 104 Å². The highest BCUT2D eigenvalue weighted by Crippen LogP contribution is 2.22. The fourth-order valence-corrected chi connectivity index (χ4v) is 4.54. The van der Waals surface area contributed by atoms with Gasteiger partial charge in [-0.15, -0.1) is 0 Å². The van der Waals surface area contributed by atoms with Gasteiger partial charge in [0, 0.05) is 22.3 Å². The van der Waals surface area contributed by atoms with Crippen molar-refractivity contribution in [1.29, 1.82) is 0 Å². The van der Waals surface area contributed by atoms with E-state index in [9.17, 15) is 9.90 Å². The summed E-state index contributed by atoms with van der Waals surface area (Å²) in [6.07, 6.45) is 11.4. The lowest BCUT2D eigenvalue weighted by Crippen LogP contribution is -2.16. The molecule has 0 radical (unpaired) electrons. The molecule has 3 nitrogen and oxygen atoms in total. The summed E-state index contributed by atoms with van der Waals surface area (Å²) < 4.78 is 5.36. The highest BCUT2D eigenvalue weighted by molar-refractivity contribution is 9.10. The minimum Gasteiger partial charge on any atom is -0.508 e. The third-order valence-electron chi connectivity index (χ3n) is 6.88. The average Bonchev–Trinajstić information content (AvgIpc) is 2.97. The maximum absolute atomic E-state index is 11.9. The summed E-state index contributed by atoms with van der Waals surface area (Å²) in [6.45, 7) is 6.20. The van der Waals surface area contributed by atoms with Crippen LogP contribution in [0.4, 0.5) is 0 Å². The van der Waals surface area contributed by atoms with Crippen LogP contribution in [-0.4, -0.2) is 15.9 Å². The molecule has 4 heteroatoms. The molecule has 41 heavy (non-hydrogen) atoms. The molecule has 3 aromatic carbocycles. The van der Waals surface area contributed by atoms with Crippen molar-refractivity contribution in [2.45, 2.75) is 89.8 Å². The predicted octanol–water partition coefficient (Wildman–Crippen LogP) is 9.13. The van der Waals surface area contributed by atoms with Crippen molar-refractivity contribution in [3.8, 4) is 35.2 Å². The zero-order valence-corrected chi connectivity index (χ0v) is 26.1. The zero-order valence-electron chi connectivity index (χ0n) is 24.6. The Bertz CT molecular complexity index is 1380. The number of unbranched alkanes of at least 4 members (excludes halogenated alkanes) is 6. The number of phenols is 1. The van der Waals surface area contributed by atoms with E-state index in [-0.39, 0.29) is 16.5 Å². The summed E-state index contributed by atoms with van der Waals surface area (Å²) in [4.78, 5) is 11.5. The molecule has 0 saturated heterocycles. The fourth-order valence-electron chi connectivity index (χ4n) is 4.45. The zero-order chi connectivity index (χ0) is 29.5. The Hall–Kier alpha value is -3.47. The van der Waals surface area contributed by atoms with Gasteiger partial charge in [0.1, 0.15) is 16.3 Å². The minimum absolute atomic E-state index is 0.244. The maximum atomic E-state index is 11.9. The lowest BCUT2D eigenvalue weighted by Gasteiger charge is -2.12. The molecule has 1 N–H and O–H groups in total. The van der Waals surface area contributed by atoms with Crippen LogP contribution < -0.4 is 4.74 Å². The molecule has 1 atom stereocenters. The second-order valence-electron chi connectivity index (χ2n) is 10.4. The number of halogens is 1. The van der Waals surface area contributed by atoms with Crippen LogP contribution in [-0.2, 0) is 17.6 Å². The molecule has 3 rings (SSSR count). The second kappa shape index (κ2) is 17.4. The summed E-state index contributed by atoms with van der Waals surface area (Å²) in [5, 5.41) is 9.63. The van der Waals surface area contributed by atoms with Crippen molar-refractivity contribution in [1.82, 2.24) is 0 Å². The van der Waals surface area contributed by atoms with Crippen molar-refractivity contribution in [3.63, 3.8) is 0 Å². The molecule has 0 aliphatic rings. The van der Waals surface area contributed by atoms with Gasteiger partial charge in [0.25, 0.3) is 0 Å². The van der Waals surface area contributed by atoms with Crippen LogP contribution in [0.25, 0.3) is 0 Å². The van der Waals surface area contributed by atoms with E-state index in [1.165, 1.54) is 49.7 Å². The van der Waals surface area contributed by atoms with Crippen LogP contribution in [0, 0.1) is 23.7 Å². The maximum Gasteiger partial charge on any atom is 0.324 e. The van der Waals surface area contributed by atoms with Crippen LogP contribution in [0.3, 0.4) is 0 Å². The molecule has 0 spiro atoms. The number of esters is 1. The van der Waals surface area contributed by atoms with Crippen LogP contribution in [0.1, 0.15) is 106 Å². The Balaban J connectivity index is 1.95. The number of carbonyl (C=O) groups excluding carboxylic acids is 1. The van der Waals surface area contributed by atoms with Gasteiger partial charge < -0.3 is 9.84 Å². The summed E-state index contributed by atoms with van der Waals surface area (Å²) in [7, 11) is 0. The van der Waals surface area contributed by atoms with E-state index in [0.29, 0.717) is 5.75 Å². The lowest BCUT2D eigenvalue weighted by atomic mass is 9.92. The normalized spacial score (nSPS) is 11.1. The van der Waals surface area contributed by atoms with Crippen molar-refractivity contribution in [2.24, 2.45) is 0 Å². The van der Waals surface area contributed by atoms with Crippen LogP contribution >= 0.6 is 15.9 Å². The van der Waals surface area contributed by atoms with Crippen molar-refractivity contribution >= 4 is 21.9 Å². The molecular weight excluding hydrogens is 572 g/mol. The van der Waals surface area contributed by atoms with Crippen LogP contribution in [0.5, 0.6) is 11.5 Å². The fraction of sp³-hybridized carbons (Fsp3) is 0.378. The van der Waals surface area contributed by atoms with Gasteiger partial charge in [-0.3, -0.25) is 4.79 Å². The van der Waals surface area contributed by atoms with E-state index in [1.807, 2.05) is 24.3 Å². The van der Waals surface area contributed by atoms with E-state index in [1.54, 1.807) is 31.2 Å². The first kappa shape index (κ1) is 32.0. The third-order valence-corrected chi connectivity index (χ3v) is 7.25. The molecule has 1 unspecified atom stereocenters. The van der Waals surface area contributed by atoms with Crippen molar-refractivity contribution < 1.29 is 14.6 Å². The number of ether oxygens (including phenoxy) is 1. The van der Waals surface area contributed by atoms with E-state index in [2.05, 4.69) is 65.6 Å². The van der Waals surface area contributed by atoms with E-state index < -0.39 is 0 Å². The number of hydrogen-bond donors (Lipinski definition) is 1. The molecule has 0 bridgehead atoms. The number of carbonyl (C=O) groups is 1. The first-order valence-corrected chi connectivity index (χ1v) is 15.8. The molecule has 0 aliphatic carbocycles. The first-order chi connectivity index (χ1) is 19.9. The topological polar surface area (TPSA) is 46.5 Å². The second-order valence-corrected chi connectivity index (χ2v) is 11.8. The van der Waals surface area contributed by atoms with E-state index in [4.69, 9.17) is 4.74 Å². The average molecular weight is 614 g/mol. The van der Waals surface area contributed by atoms with Gasteiger partial charge in [0.15, 0.2) is 0 Å².